The molecule has 1 N–H and O–H groups in total. The Bertz CT molecular complexity index is 693. The first kappa shape index (κ1) is 14.8. The van der Waals surface area contributed by atoms with E-state index in [-0.39, 0.29) is 6.04 Å². The van der Waals surface area contributed by atoms with E-state index in [2.05, 4.69) is 74.2 Å². The van der Waals surface area contributed by atoms with E-state index in [9.17, 15) is 0 Å². The maximum absolute atomic E-state index is 4.37. The number of nitrogens with zero attached hydrogens (tertiary/aromatic N) is 1. The summed E-state index contributed by atoms with van der Waals surface area (Å²) in [7, 11) is 0. The Morgan fingerprint density at radius 3 is 2.71 bits per heavy atom. The van der Waals surface area contributed by atoms with E-state index in [0.29, 0.717) is 0 Å². The number of nitrogens with one attached hydrogen (secondary N) is 1. The minimum absolute atomic E-state index is 0.283. The fourth-order valence-corrected chi connectivity index (χ4v) is 3.93. The van der Waals surface area contributed by atoms with Crippen LogP contribution < -0.4 is 5.32 Å². The number of hydrogen-bond donors (Lipinski definition) is 1. The van der Waals surface area contributed by atoms with Crippen molar-refractivity contribution in [2.24, 2.45) is 0 Å². The summed E-state index contributed by atoms with van der Waals surface area (Å²) < 4.78 is 0.902. The summed E-state index contributed by atoms with van der Waals surface area (Å²) in [6, 6.07) is 11.0. The molecule has 3 aromatic heterocycles. The highest BCUT2D eigenvalue weighted by Crippen LogP contribution is 2.29. The third kappa shape index (κ3) is 3.73. The smallest absolute Gasteiger partial charge is 0.109 e. The summed E-state index contributed by atoms with van der Waals surface area (Å²) in [6.45, 7) is 2.06. The second-order valence-electron chi connectivity index (χ2n) is 4.83. The molecule has 0 bridgehead atoms. The minimum atomic E-state index is 0.283. The molecule has 1 unspecified atom stereocenters. The van der Waals surface area contributed by atoms with Crippen LogP contribution in [0, 0.1) is 6.92 Å². The molecule has 0 aliphatic heterocycles. The Kier molecular flexibility index (Phi) is 4.73. The Morgan fingerprint density at radius 1 is 1.24 bits per heavy atom. The van der Waals surface area contributed by atoms with Gasteiger partial charge in [-0.05, 0) is 57.4 Å². The number of thiophene rings is 2. The first-order valence-corrected chi connectivity index (χ1v) is 9.22. The molecule has 3 heterocycles. The van der Waals surface area contributed by atoms with Crippen LogP contribution in [0.2, 0.25) is 0 Å². The fourth-order valence-electron chi connectivity index (χ4n) is 2.18. The van der Waals surface area contributed by atoms with Crippen molar-refractivity contribution in [1.29, 1.82) is 0 Å². The van der Waals surface area contributed by atoms with Gasteiger partial charge in [0.1, 0.15) is 4.60 Å². The summed E-state index contributed by atoms with van der Waals surface area (Å²) in [6.07, 6.45) is 2.87. The number of aromatic nitrogens is 1. The van der Waals surface area contributed by atoms with E-state index in [1.165, 1.54) is 9.75 Å². The molecule has 3 aromatic rings. The van der Waals surface area contributed by atoms with Gasteiger partial charge in [0.25, 0.3) is 0 Å². The van der Waals surface area contributed by atoms with Gasteiger partial charge in [-0.3, -0.25) is 0 Å². The van der Waals surface area contributed by atoms with E-state index >= 15 is 0 Å². The first-order chi connectivity index (χ1) is 10.2. The van der Waals surface area contributed by atoms with Crippen molar-refractivity contribution in [2.75, 3.05) is 5.32 Å². The molecule has 21 heavy (non-hydrogen) atoms. The molecule has 5 heteroatoms. The molecule has 0 aliphatic carbocycles. The maximum atomic E-state index is 4.37. The Labute approximate surface area is 141 Å². The molecule has 0 spiro atoms. The number of halogens is 1. The predicted octanol–water partition coefficient (Wildman–Crippen LogP) is 5.67. The summed E-state index contributed by atoms with van der Waals surface area (Å²) in [5.74, 6) is 0. The van der Waals surface area contributed by atoms with Crippen molar-refractivity contribution < 1.29 is 0 Å². The summed E-state index contributed by atoms with van der Waals surface area (Å²) in [5.41, 5.74) is 2.20. The van der Waals surface area contributed by atoms with Gasteiger partial charge in [0.05, 0.1) is 17.9 Å². The molecule has 3 rings (SSSR count). The normalized spacial score (nSPS) is 12.3. The van der Waals surface area contributed by atoms with Crippen molar-refractivity contribution in [2.45, 2.75) is 19.4 Å². The molecule has 0 amide bonds. The third-order valence-electron chi connectivity index (χ3n) is 3.23. The summed E-state index contributed by atoms with van der Waals surface area (Å²) in [5, 5.41) is 7.88. The lowest BCUT2D eigenvalue weighted by molar-refractivity contribution is 0.801. The van der Waals surface area contributed by atoms with Gasteiger partial charge in [-0.2, -0.15) is 0 Å². The molecule has 0 fully saturated rings. The quantitative estimate of drug-likeness (QED) is 0.578. The van der Waals surface area contributed by atoms with E-state index < -0.39 is 0 Å². The molecule has 1 atom stereocenters. The average molecular weight is 379 g/mol. The average Bonchev–Trinajstić information content (AvgIpc) is 3.15. The lowest BCUT2D eigenvalue weighted by Gasteiger charge is -2.18. The molecular weight excluding hydrogens is 364 g/mol. The Morgan fingerprint density at radius 2 is 2.05 bits per heavy atom. The maximum Gasteiger partial charge on any atom is 0.109 e. The summed E-state index contributed by atoms with van der Waals surface area (Å²) in [4.78, 5) is 7.11. The van der Waals surface area contributed by atoms with Gasteiger partial charge in [-0.1, -0.05) is 12.1 Å². The predicted molar refractivity (Wildman–Crippen MR) is 95.4 cm³/mol. The number of hydrogen-bond acceptors (Lipinski definition) is 4. The largest absolute Gasteiger partial charge is 0.376 e. The van der Waals surface area contributed by atoms with Crippen LogP contribution in [-0.2, 0) is 6.42 Å². The SMILES string of the molecule is Cc1cc(NC(Cc2cccs2)c2cccs2)cnc1Br. The molecule has 2 nitrogen and oxygen atoms in total. The van der Waals surface area contributed by atoms with Crippen molar-refractivity contribution in [3.05, 3.63) is 67.2 Å². The lowest BCUT2D eigenvalue weighted by atomic mass is 10.1. The topological polar surface area (TPSA) is 24.9 Å². The van der Waals surface area contributed by atoms with Crippen LogP contribution in [0.3, 0.4) is 0 Å². The highest BCUT2D eigenvalue weighted by atomic mass is 79.9. The van der Waals surface area contributed by atoms with Gasteiger partial charge in [0.2, 0.25) is 0 Å². The number of anilines is 1. The molecular formula is C16H15BrN2S2. The molecule has 0 saturated carbocycles. The van der Waals surface area contributed by atoms with Gasteiger partial charge >= 0.3 is 0 Å². The van der Waals surface area contributed by atoms with E-state index in [4.69, 9.17) is 0 Å². The van der Waals surface area contributed by atoms with Crippen LogP contribution in [0.5, 0.6) is 0 Å². The van der Waals surface area contributed by atoms with Crippen LogP contribution in [0.1, 0.15) is 21.4 Å². The van der Waals surface area contributed by atoms with Gasteiger partial charge in [0, 0.05) is 16.2 Å². The highest BCUT2D eigenvalue weighted by Gasteiger charge is 2.14. The van der Waals surface area contributed by atoms with Crippen LogP contribution in [-0.4, -0.2) is 4.98 Å². The van der Waals surface area contributed by atoms with Crippen molar-refractivity contribution >= 4 is 44.3 Å². The van der Waals surface area contributed by atoms with Gasteiger partial charge < -0.3 is 5.32 Å². The van der Waals surface area contributed by atoms with Crippen molar-refractivity contribution in [3.8, 4) is 0 Å². The van der Waals surface area contributed by atoms with E-state index in [0.717, 1.165) is 22.3 Å². The molecule has 108 valence electrons. The van der Waals surface area contributed by atoms with Crippen LogP contribution >= 0.6 is 38.6 Å². The zero-order chi connectivity index (χ0) is 14.7. The van der Waals surface area contributed by atoms with Crippen molar-refractivity contribution in [1.82, 2.24) is 4.98 Å². The highest BCUT2D eigenvalue weighted by molar-refractivity contribution is 9.10. The Hall–Kier alpha value is -1.17. The molecule has 0 aliphatic rings. The van der Waals surface area contributed by atoms with Gasteiger partial charge in [-0.15, -0.1) is 22.7 Å². The lowest BCUT2D eigenvalue weighted by Crippen LogP contribution is -2.12. The van der Waals surface area contributed by atoms with E-state index in [1.807, 2.05) is 6.20 Å². The zero-order valence-electron chi connectivity index (χ0n) is 11.5. The first-order valence-electron chi connectivity index (χ1n) is 6.67. The molecule has 0 saturated heterocycles. The third-order valence-corrected chi connectivity index (χ3v) is 5.94. The number of pyridine rings is 1. The standard InChI is InChI=1S/C16H15BrN2S2/c1-11-8-12(10-18-16(11)17)19-14(15-5-3-7-21-15)9-13-4-2-6-20-13/h2-8,10,14,19H,9H2,1H3. The number of rotatable bonds is 5. The molecule has 0 radical (unpaired) electrons. The monoisotopic (exact) mass is 378 g/mol. The van der Waals surface area contributed by atoms with Gasteiger partial charge in [0.15, 0.2) is 0 Å². The molecule has 0 aromatic carbocycles. The van der Waals surface area contributed by atoms with Gasteiger partial charge in [-0.25, -0.2) is 4.98 Å². The van der Waals surface area contributed by atoms with E-state index in [1.54, 1.807) is 22.7 Å². The number of aryl methyl sites for hydroxylation is 1. The van der Waals surface area contributed by atoms with Crippen LogP contribution in [0.25, 0.3) is 0 Å². The van der Waals surface area contributed by atoms with Crippen molar-refractivity contribution in [3.63, 3.8) is 0 Å². The van der Waals surface area contributed by atoms with Crippen LogP contribution in [0.4, 0.5) is 5.69 Å². The second kappa shape index (κ2) is 6.73. The Balaban J connectivity index is 1.83. The minimum Gasteiger partial charge on any atom is -0.376 e. The fraction of sp³-hybridized carbons (Fsp3) is 0.188. The zero-order valence-corrected chi connectivity index (χ0v) is 14.8. The van der Waals surface area contributed by atoms with Crippen LogP contribution in [0.15, 0.2) is 51.9 Å². The summed E-state index contributed by atoms with van der Waals surface area (Å²) >= 11 is 7.05. The second-order valence-corrected chi connectivity index (χ2v) is 7.59.